The van der Waals surface area contributed by atoms with Gasteiger partial charge in [-0.05, 0) is 0 Å². The van der Waals surface area contributed by atoms with E-state index in [1.54, 1.807) is 0 Å². The molecule has 0 radical (unpaired) electrons. The first-order chi connectivity index (χ1) is 8.90. The Bertz CT molecular complexity index is 217. The van der Waals surface area contributed by atoms with Crippen molar-refractivity contribution in [3.8, 4) is 0 Å². The van der Waals surface area contributed by atoms with Crippen LogP contribution in [0.15, 0.2) is 0 Å². The minimum atomic E-state index is -1.31. The fourth-order valence-corrected chi connectivity index (χ4v) is 1.64. The zero-order valence-corrected chi connectivity index (χ0v) is 12.7. The second kappa shape index (κ2) is 15.6. The Balaban J connectivity index is 0. The number of hydrogen-bond donors (Lipinski definition) is 2. The second-order valence-electron chi connectivity index (χ2n) is 5.27. The summed E-state index contributed by atoms with van der Waals surface area (Å²) in [4.78, 5) is 18.9. The molecule has 0 saturated heterocycles. The van der Waals surface area contributed by atoms with Gasteiger partial charge in [-0.25, -0.2) is 0 Å². The molecule has 0 aliphatic rings. The van der Waals surface area contributed by atoms with Gasteiger partial charge in [0.25, 0.3) is 0 Å². The molecule has 4 nitrogen and oxygen atoms in total. The van der Waals surface area contributed by atoms with Crippen molar-refractivity contribution in [1.29, 1.82) is 0 Å². The topological polar surface area (TPSA) is 74.6 Å². The van der Waals surface area contributed by atoms with Gasteiger partial charge in [0.15, 0.2) is 0 Å². The van der Waals surface area contributed by atoms with Crippen LogP contribution in [-0.2, 0) is 9.59 Å². The molecule has 0 aliphatic heterocycles. The van der Waals surface area contributed by atoms with Crippen molar-refractivity contribution in [2.45, 2.75) is 76.2 Å². The van der Waals surface area contributed by atoms with Crippen LogP contribution in [0.25, 0.3) is 0 Å². The molecule has 108 valence electrons. The third kappa shape index (κ3) is 26.9. The van der Waals surface area contributed by atoms with Crippen LogP contribution in [-0.4, -0.2) is 39.9 Å². The molecule has 0 aromatic carbocycles. The molecule has 1 atom stereocenters. The van der Waals surface area contributed by atoms with Crippen molar-refractivity contribution in [2.75, 3.05) is 0 Å². The molecule has 2 N–H and O–H groups in total. The number of carbonyl (C=O) groups is 2. The van der Waals surface area contributed by atoms with Crippen LogP contribution in [0.4, 0.5) is 0 Å². The molecule has 0 aromatic heterocycles. The normalized spacial score (nSPS) is 11.4. The number of rotatable bonds is 10. The Kier molecular flexibility index (Phi) is 17.1. The number of unbranched alkanes of at least 4 members (excludes halogenated alkanes) is 6. The molecule has 0 bridgehead atoms. The molecular formula is C14H27LiO4. The molecule has 1 unspecified atom stereocenters. The third-order valence-corrected chi connectivity index (χ3v) is 2.69. The monoisotopic (exact) mass is 266 g/mol. The van der Waals surface area contributed by atoms with E-state index >= 15 is 0 Å². The molecule has 5 heteroatoms. The second-order valence-corrected chi connectivity index (χ2v) is 5.27. The van der Waals surface area contributed by atoms with Crippen LogP contribution in [0.1, 0.15) is 71.6 Å². The fraction of sp³-hybridized carbons (Fsp3) is 0.857. The van der Waals surface area contributed by atoms with E-state index in [-0.39, 0.29) is 0 Å². The molecule has 19 heavy (non-hydrogen) atoms. The Morgan fingerprint density at radius 1 is 0.947 bits per heavy atom. The van der Waals surface area contributed by atoms with Crippen molar-refractivity contribution in [3.05, 3.63) is 0 Å². The van der Waals surface area contributed by atoms with Gasteiger partial charge in [0.05, 0.1) is 0 Å². The number of carboxylic acid groups (broad SMARTS) is 2. The predicted octanol–water partition coefficient (Wildman–Crippen LogP) is 3.65. The number of aliphatic carboxylic acids is 2. The van der Waals surface area contributed by atoms with Crippen molar-refractivity contribution < 1.29 is 19.8 Å². The Labute approximate surface area is 126 Å². The summed E-state index contributed by atoms with van der Waals surface area (Å²) in [7, 11) is 0. The van der Waals surface area contributed by atoms with E-state index in [1.165, 1.54) is 51.4 Å². The van der Waals surface area contributed by atoms with E-state index < -0.39 is 18.4 Å². The van der Waals surface area contributed by atoms with Crippen molar-refractivity contribution in [3.63, 3.8) is 0 Å². The van der Waals surface area contributed by atoms with Gasteiger partial charge in [0.2, 0.25) is 0 Å². The van der Waals surface area contributed by atoms with Gasteiger partial charge in [-0.1, -0.05) is 0 Å². The number of carboxylic acids is 2. The first-order valence-corrected chi connectivity index (χ1v) is 7.33. The zero-order valence-electron chi connectivity index (χ0n) is 12.7. The van der Waals surface area contributed by atoms with Crippen LogP contribution in [0.2, 0.25) is 4.59 Å². The van der Waals surface area contributed by atoms with Gasteiger partial charge in [-0.2, -0.15) is 0 Å². The fourth-order valence-electron chi connectivity index (χ4n) is 1.64. The van der Waals surface area contributed by atoms with E-state index in [1.807, 2.05) is 0 Å². The summed E-state index contributed by atoms with van der Waals surface area (Å²) >= 11 is 2.32. The molecule has 0 aromatic rings. The maximum atomic E-state index is 9.43. The first kappa shape index (κ1) is 20.8. The Hall–Kier alpha value is -0.463. The SMILES string of the molecule is O=C(O)CC(=O)O.[Li][CH](C)CCCCCCCCC. The van der Waals surface area contributed by atoms with Crippen molar-refractivity contribution in [1.82, 2.24) is 0 Å². The predicted molar refractivity (Wildman–Crippen MR) is 77.7 cm³/mol. The summed E-state index contributed by atoms with van der Waals surface area (Å²) in [6.45, 7) is 4.59. The molecule has 0 rings (SSSR count). The van der Waals surface area contributed by atoms with E-state index in [4.69, 9.17) is 10.2 Å². The summed E-state index contributed by atoms with van der Waals surface area (Å²) in [5.74, 6) is -2.62. The van der Waals surface area contributed by atoms with Crippen molar-refractivity contribution in [2.24, 2.45) is 0 Å². The number of hydrogen-bond acceptors (Lipinski definition) is 2. The van der Waals surface area contributed by atoms with Gasteiger partial charge in [-0.3, -0.25) is 9.59 Å². The van der Waals surface area contributed by atoms with Crippen molar-refractivity contribution >= 4 is 29.7 Å². The van der Waals surface area contributed by atoms with Gasteiger partial charge in [0, 0.05) is 0 Å². The van der Waals surface area contributed by atoms with E-state index in [0.29, 0.717) is 0 Å². The van der Waals surface area contributed by atoms with Gasteiger partial charge in [-0.15, -0.1) is 0 Å². The van der Waals surface area contributed by atoms with Gasteiger partial charge >= 0.3 is 99.5 Å². The van der Waals surface area contributed by atoms with E-state index in [9.17, 15) is 9.59 Å². The quantitative estimate of drug-likeness (QED) is 0.359. The summed E-state index contributed by atoms with van der Waals surface area (Å²) in [6.07, 6.45) is 10.7. The molecular weight excluding hydrogens is 239 g/mol. The molecule has 0 heterocycles. The van der Waals surface area contributed by atoms with Gasteiger partial charge in [0.1, 0.15) is 6.42 Å². The summed E-state index contributed by atoms with van der Waals surface area (Å²) in [5.41, 5.74) is 0. The summed E-state index contributed by atoms with van der Waals surface area (Å²) in [6, 6.07) is 0. The molecule has 0 saturated carbocycles. The minimum absolute atomic E-state index is 0.806. The zero-order chi connectivity index (χ0) is 15.1. The third-order valence-electron chi connectivity index (χ3n) is 2.69. The summed E-state index contributed by atoms with van der Waals surface area (Å²) < 4.78 is 0.903. The summed E-state index contributed by atoms with van der Waals surface area (Å²) in [5, 5.41) is 15.4. The maximum absolute atomic E-state index is 9.43. The average molecular weight is 266 g/mol. The van der Waals surface area contributed by atoms with Crippen LogP contribution in [0, 0.1) is 0 Å². The standard InChI is InChI=1S/C11H23.C3H4O4.Li/c1-3-5-7-9-11-10-8-6-4-2;4-2(5)1-3(6)7;/h3H,4-11H2,1-2H3;1H2,(H,4,5)(H,6,7);. The van der Waals surface area contributed by atoms with Crippen LogP contribution in [0.5, 0.6) is 0 Å². The van der Waals surface area contributed by atoms with E-state index in [2.05, 4.69) is 31.6 Å². The Morgan fingerprint density at radius 2 is 1.37 bits per heavy atom. The Morgan fingerprint density at radius 3 is 1.68 bits per heavy atom. The van der Waals surface area contributed by atoms with Crippen LogP contribution in [0.3, 0.4) is 0 Å². The van der Waals surface area contributed by atoms with Crippen LogP contribution >= 0.6 is 0 Å². The molecule has 0 amide bonds. The first-order valence-electron chi connectivity index (χ1n) is 7.33. The van der Waals surface area contributed by atoms with Gasteiger partial charge < -0.3 is 10.2 Å². The molecule has 0 spiro atoms. The van der Waals surface area contributed by atoms with E-state index in [0.717, 1.165) is 4.59 Å². The van der Waals surface area contributed by atoms with Crippen LogP contribution < -0.4 is 0 Å². The molecule has 0 fully saturated rings. The molecule has 0 aliphatic carbocycles. The average Bonchev–Trinajstić information content (AvgIpc) is 2.26.